The molecule has 1 aromatic heterocycles. The van der Waals surface area contributed by atoms with E-state index >= 15 is 0 Å². The van der Waals surface area contributed by atoms with Crippen LogP contribution in [-0.2, 0) is 0 Å². The number of halogens is 1. The van der Waals surface area contributed by atoms with Crippen molar-refractivity contribution in [1.29, 1.82) is 0 Å². The average Bonchev–Trinajstić information content (AvgIpc) is 2.47. The number of hydrogen-bond acceptors (Lipinski definition) is 3. The molecule has 76 valence electrons. The van der Waals surface area contributed by atoms with Gasteiger partial charge in [0.2, 0.25) is 0 Å². The van der Waals surface area contributed by atoms with E-state index in [-0.39, 0.29) is 11.7 Å². The summed E-state index contributed by atoms with van der Waals surface area (Å²) in [6.07, 6.45) is 0. The van der Waals surface area contributed by atoms with Crippen molar-refractivity contribution in [2.75, 3.05) is 13.1 Å². The zero-order valence-corrected chi connectivity index (χ0v) is 9.49. The van der Waals surface area contributed by atoms with Crippen molar-refractivity contribution < 1.29 is 4.79 Å². The normalized spacial score (nSPS) is 19.0. The first-order valence-electron chi connectivity index (χ1n) is 4.68. The van der Waals surface area contributed by atoms with E-state index in [4.69, 9.17) is 11.6 Å². The molecule has 1 aromatic rings. The highest BCUT2D eigenvalue weighted by Crippen LogP contribution is 2.28. The topological polar surface area (TPSA) is 29.1 Å². The minimum absolute atomic E-state index is 0.0902. The molecule has 2 nitrogen and oxygen atoms in total. The van der Waals surface area contributed by atoms with Crippen LogP contribution < -0.4 is 5.32 Å². The fraction of sp³-hybridized carbons (Fsp3) is 0.500. The van der Waals surface area contributed by atoms with Gasteiger partial charge < -0.3 is 5.32 Å². The molecule has 0 radical (unpaired) electrons. The number of ketones is 1. The Morgan fingerprint density at radius 1 is 1.71 bits per heavy atom. The lowest BCUT2D eigenvalue weighted by molar-refractivity contribution is 0.0858. The van der Waals surface area contributed by atoms with Crippen LogP contribution in [0.15, 0.2) is 11.4 Å². The summed E-state index contributed by atoms with van der Waals surface area (Å²) in [6.45, 7) is 3.90. The van der Waals surface area contributed by atoms with Crippen molar-refractivity contribution >= 4 is 28.7 Å². The summed E-state index contributed by atoms with van der Waals surface area (Å²) in [7, 11) is 0. The average molecular weight is 230 g/mol. The molecular formula is C10H12ClNOS. The molecule has 1 aliphatic rings. The molecule has 1 unspecified atom stereocenters. The maximum Gasteiger partial charge on any atom is 0.177 e. The Labute approximate surface area is 92.3 Å². The minimum atomic E-state index is 0.0902. The predicted octanol–water partition coefficient (Wildman–Crippen LogP) is 2.44. The number of carbonyl (C=O) groups is 1. The van der Waals surface area contributed by atoms with E-state index in [1.54, 1.807) is 6.07 Å². The second-order valence-electron chi connectivity index (χ2n) is 3.67. The molecule has 1 saturated heterocycles. The van der Waals surface area contributed by atoms with Crippen molar-refractivity contribution in [3.63, 3.8) is 0 Å². The lowest BCUT2D eigenvalue weighted by Gasteiger charge is -2.31. The molecule has 2 heterocycles. The van der Waals surface area contributed by atoms with Gasteiger partial charge in [-0.15, -0.1) is 11.3 Å². The molecule has 4 heteroatoms. The van der Waals surface area contributed by atoms with Gasteiger partial charge in [-0.25, -0.2) is 0 Å². The van der Waals surface area contributed by atoms with E-state index < -0.39 is 0 Å². The van der Waals surface area contributed by atoms with E-state index in [9.17, 15) is 4.79 Å². The SMILES string of the molecule is CC(C(=O)c1sccc1Cl)C1CNC1. The number of rotatable bonds is 3. The Balaban J connectivity index is 2.11. The van der Waals surface area contributed by atoms with E-state index in [2.05, 4.69) is 5.32 Å². The monoisotopic (exact) mass is 229 g/mol. The third-order valence-electron chi connectivity index (χ3n) is 2.77. The summed E-state index contributed by atoms with van der Waals surface area (Å²) in [6, 6.07) is 1.78. The molecule has 0 aromatic carbocycles. The van der Waals surface area contributed by atoms with Gasteiger partial charge in [0.25, 0.3) is 0 Å². The van der Waals surface area contributed by atoms with Gasteiger partial charge in [-0.2, -0.15) is 0 Å². The lowest BCUT2D eigenvalue weighted by atomic mass is 9.85. The maximum absolute atomic E-state index is 12.0. The van der Waals surface area contributed by atoms with Gasteiger partial charge in [0, 0.05) is 5.92 Å². The molecule has 2 rings (SSSR count). The van der Waals surface area contributed by atoms with Gasteiger partial charge in [-0.05, 0) is 30.5 Å². The van der Waals surface area contributed by atoms with Gasteiger partial charge in [0.15, 0.2) is 5.78 Å². The quantitative estimate of drug-likeness (QED) is 0.807. The summed E-state index contributed by atoms with van der Waals surface area (Å²) in [5.41, 5.74) is 0. The Kier molecular flexibility index (Phi) is 2.91. The van der Waals surface area contributed by atoms with Crippen molar-refractivity contribution in [2.24, 2.45) is 11.8 Å². The van der Waals surface area contributed by atoms with Crippen LogP contribution in [0.5, 0.6) is 0 Å². The molecule has 1 atom stereocenters. The van der Waals surface area contributed by atoms with Crippen LogP contribution in [-0.4, -0.2) is 18.9 Å². The second-order valence-corrected chi connectivity index (χ2v) is 4.99. The summed E-state index contributed by atoms with van der Waals surface area (Å²) in [4.78, 5) is 12.7. The number of carbonyl (C=O) groups excluding carboxylic acids is 1. The van der Waals surface area contributed by atoms with E-state index in [1.165, 1.54) is 11.3 Å². The van der Waals surface area contributed by atoms with Gasteiger partial charge in [0.05, 0.1) is 9.90 Å². The molecule has 1 aliphatic heterocycles. The first-order valence-corrected chi connectivity index (χ1v) is 5.94. The second kappa shape index (κ2) is 4.01. The lowest BCUT2D eigenvalue weighted by Crippen LogP contribution is -2.47. The first kappa shape index (κ1) is 10.1. The third kappa shape index (κ3) is 1.72. The molecule has 0 amide bonds. The van der Waals surface area contributed by atoms with Crippen LogP contribution in [0.25, 0.3) is 0 Å². The fourth-order valence-electron chi connectivity index (χ4n) is 1.55. The maximum atomic E-state index is 12.0. The highest BCUT2D eigenvalue weighted by Gasteiger charge is 2.30. The molecule has 0 aliphatic carbocycles. The highest BCUT2D eigenvalue weighted by atomic mass is 35.5. The highest BCUT2D eigenvalue weighted by molar-refractivity contribution is 7.12. The van der Waals surface area contributed by atoms with Crippen LogP contribution >= 0.6 is 22.9 Å². The van der Waals surface area contributed by atoms with Crippen molar-refractivity contribution in [3.8, 4) is 0 Å². The van der Waals surface area contributed by atoms with Crippen LogP contribution in [0.4, 0.5) is 0 Å². The van der Waals surface area contributed by atoms with Crippen LogP contribution in [0, 0.1) is 11.8 Å². The molecule has 1 N–H and O–H groups in total. The standard InChI is InChI=1S/C10H12ClNOS/c1-6(7-4-12-5-7)9(13)10-8(11)2-3-14-10/h2-3,6-7,12H,4-5H2,1H3. The number of Topliss-reactive ketones (excluding diaryl/α,β-unsaturated/α-hetero) is 1. The van der Waals surface area contributed by atoms with Gasteiger partial charge in [0.1, 0.15) is 0 Å². The van der Waals surface area contributed by atoms with Crippen LogP contribution in [0.2, 0.25) is 5.02 Å². The van der Waals surface area contributed by atoms with Crippen molar-refractivity contribution in [1.82, 2.24) is 5.32 Å². The largest absolute Gasteiger partial charge is 0.316 e. The van der Waals surface area contributed by atoms with Crippen LogP contribution in [0.3, 0.4) is 0 Å². The summed E-state index contributed by atoms with van der Waals surface area (Å²) in [5.74, 6) is 0.768. The molecule has 1 fully saturated rings. The third-order valence-corrected chi connectivity index (χ3v) is 4.13. The van der Waals surface area contributed by atoms with Gasteiger partial charge in [-0.1, -0.05) is 18.5 Å². The number of hydrogen-bond donors (Lipinski definition) is 1. The van der Waals surface area contributed by atoms with E-state index in [0.717, 1.165) is 13.1 Å². The Hall–Kier alpha value is -0.380. The zero-order valence-electron chi connectivity index (χ0n) is 7.92. The summed E-state index contributed by atoms with van der Waals surface area (Å²) >= 11 is 7.35. The summed E-state index contributed by atoms with van der Waals surface area (Å²) < 4.78 is 0. The van der Waals surface area contributed by atoms with Gasteiger partial charge >= 0.3 is 0 Å². The minimum Gasteiger partial charge on any atom is -0.316 e. The van der Waals surface area contributed by atoms with Gasteiger partial charge in [-0.3, -0.25) is 4.79 Å². The molecule has 14 heavy (non-hydrogen) atoms. The number of thiophene rings is 1. The smallest absolute Gasteiger partial charge is 0.177 e. The molecule has 0 saturated carbocycles. The molecule has 0 bridgehead atoms. The van der Waals surface area contributed by atoms with Crippen molar-refractivity contribution in [3.05, 3.63) is 21.3 Å². The molecular weight excluding hydrogens is 218 g/mol. The number of nitrogens with one attached hydrogen (secondary N) is 1. The van der Waals surface area contributed by atoms with E-state index in [0.29, 0.717) is 15.8 Å². The Morgan fingerprint density at radius 2 is 2.43 bits per heavy atom. The first-order chi connectivity index (χ1) is 6.70. The van der Waals surface area contributed by atoms with Crippen molar-refractivity contribution in [2.45, 2.75) is 6.92 Å². The fourth-order valence-corrected chi connectivity index (χ4v) is 2.74. The zero-order chi connectivity index (χ0) is 10.1. The Morgan fingerprint density at radius 3 is 2.86 bits per heavy atom. The van der Waals surface area contributed by atoms with E-state index in [1.807, 2.05) is 12.3 Å². The molecule has 0 spiro atoms. The summed E-state index contributed by atoms with van der Waals surface area (Å²) in [5, 5.41) is 5.63. The van der Waals surface area contributed by atoms with Crippen LogP contribution in [0.1, 0.15) is 16.6 Å². The predicted molar refractivity (Wildman–Crippen MR) is 59.2 cm³/mol. The Bertz CT molecular complexity index is 346.